The van der Waals surface area contributed by atoms with E-state index in [2.05, 4.69) is 15.7 Å². The first-order chi connectivity index (χ1) is 15.5. The summed E-state index contributed by atoms with van der Waals surface area (Å²) in [7, 11) is 0. The van der Waals surface area contributed by atoms with Gasteiger partial charge in [0.1, 0.15) is 0 Å². The van der Waals surface area contributed by atoms with Gasteiger partial charge in [-0.25, -0.2) is 0 Å². The number of hydrogen-bond donors (Lipinski definition) is 2. The third-order valence-electron chi connectivity index (χ3n) is 5.27. The summed E-state index contributed by atoms with van der Waals surface area (Å²) in [5.74, 6) is -1.03. The summed E-state index contributed by atoms with van der Waals surface area (Å²) in [6, 6.07) is 6.82. The zero-order valence-electron chi connectivity index (χ0n) is 18.5. The van der Waals surface area contributed by atoms with Gasteiger partial charge in [-0.3, -0.25) is 28.8 Å². The smallest absolute Gasteiger partial charge is 0.273 e. The average Bonchev–Trinajstić information content (AvgIpc) is 3.31. The fourth-order valence-corrected chi connectivity index (χ4v) is 3.55. The van der Waals surface area contributed by atoms with E-state index in [1.807, 2.05) is 13.8 Å². The zero-order chi connectivity index (χ0) is 23.1. The van der Waals surface area contributed by atoms with E-state index in [1.54, 1.807) is 35.1 Å². The quantitative estimate of drug-likeness (QED) is 0.413. The summed E-state index contributed by atoms with van der Waals surface area (Å²) in [5, 5.41) is 9.79. The maximum absolute atomic E-state index is 12.4. The molecule has 2 heterocycles. The van der Waals surface area contributed by atoms with Crippen LogP contribution in [-0.4, -0.2) is 51.4 Å². The molecule has 0 saturated heterocycles. The maximum Gasteiger partial charge on any atom is 0.273 e. The van der Waals surface area contributed by atoms with Crippen LogP contribution in [0.5, 0.6) is 0 Å². The minimum Gasteiger partial charge on any atom is -0.351 e. The number of fused-ring (bicyclic) bond motifs is 1. The highest BCUT2D eigenvalue weighted by molar-refractivity contribution is 6.21. The number of nitrogens with one attached hydrogen (secondary N) is 2. The van der Waals surface area contributed by atoms with Crippen LogP contribution in [0.1, 0.15) is 77.2 Å². The Bertz CT molecular complexity index is 979. The topological polar surface area (TPSA) is 113 Å². The maximum atomic E-state index is 12.4. The molecule has 0 bridgehead atoms. The van der Waals surface area contributed by atoms with E-state index in [0.717, 1.165) is 6.42 Å². The number of carbonyl (C=O) groups is 4. The van der Waals surface area contributed by atoms with E-state index in [1.165, 1.54) is 4.90 Å². The molecule has 0 saturated carbocycles. The number of carbonyl (C=O) groups excluding carboxylic acids is 4. The molecule has 1 aromatic heterocycles. The fourth-order valence-electron chi connectivity index (χ4n) is 3.55. The second-order valence-corrected chi connectivity index (χ2v) is 7.67. The number of benzene rings is 1. The van der Waals surface area contributed by atoms with E-state index in [0.29, 0.717) is 55.7 Å². The molecule has 9 nitrogen and oxygen atoms in total. The van der Waals surface area contributed by atoms with Gasteiger partial charge >= 0.3 is 0 Å². The third-order valence-corrected chi connectivity index (χ3v) is 5.27. The van der Waals surface area contributed by atoms with Gasteiger partial charge in [-0.2, -0.15) is 5.10 Å². The van der Waals surface area contributed by atoms with Crippen molar-refractivity contribution in [1.29, 1.82) is 0 Å². The van der Waals surface area contributed by atoms with Crippen molar-refractivity contribution < 1.29 is 19.2 Å². The lowest BCUT2D eigenvalue weighted by atomic mass is 10.1. The molecule has 3 rings (SSSR count). The molecule has 1 aromatic carbocycles. The van der Waals surface area contributed by atoms with Gasteiger partial charge in [0.05, 0.1) is 16.8 Å². The first-order valence-corrected chi connectivity index (χ1v) is 11.1. The normalized spacial score (nSPS) is 12.8. The Morgan fingerprint density at radius 2 is 1.69 bits per heavy atom. The molecule has 0 unspecified atom stereocenters. The molecule has 1 aliphatic rings. The second kappa shape index (κ2) is 10.7. The predicted octanol–water partition coefficient (Wildman–Crippen LogP) is 2.84. The summed E-state index contributed by atoms with van der Waals surface area (Å²) < 4.78 is 1.61. The van der Waals surface area contributed by atoms with Gasteiger partial charge in [0.2, 0.25) is 5.91 Å². The van der Waals surface area contributed by atoms with Crippen LogP contribution in [0.2, 0.25) is 0 Å². The first kappa shape index (κ1) is 23.2. The molecule has 9 heteroatoms. The van der Waals surface area contributed by atoms with Crippen molar-refractivity contribution >= 4 is 29.3 Å². The van der Waals surface area contributed by atoms with E-state index in [4.69, 9.17) is 0 Å². The Morgan fingerprint density at radius 1 is 1.00 bits per heavy atom. The van der Waals surface area contributed by atoms with Crippen molar-refractivity contribution in [1.82, 2.24) is 20.0 Å². The Labute approximate surface area is 187 Å². The van der Waals surface area contributed by atoms with E-state index >= 15 is 0 Å². The van der Waals surface area contributed by atoms with Gasteiger partial charge in [-0.05, 0) is 38.3 Å². The predicted molar refractivity (Wildman–Crippen MR) is 119 cm³/mol. The second-order valence-electron chi connectivity index (χ2n) is 7.67. The molecule has 0 aliphatic carbocycles. The zero-order valence-corrected chi connectivity index (χ0v) is 18.5. The molecule has 0 fully saturated rings. The summed E-state index contributed by atoms with van der Waals surface area (Å²) in [5.41, 5.74) is 1.50. The highest BCUT2D eigenvalue weighted by Crippen LogP contribution is 2.23. The van der Waals surface area contributed by atoms with E-state index in [9.17, 15) is 19.2 Å². The number of hydrogen-bond acceptors (Lipinski definition) is 5. The molecular formula is C23H29N5O4. The van der Waals surface area contributed by atoms with Gasteiger partial charge in [0.15, 0.2) is 5.69 Å². The fraction of sp³-hybridized carbons (Fsp3) is 0.435. The Kier molecular flexibility index (Phi) is 7.75. The van der Waals surface area contributed by atoms with Crippen LogP contribution >= 0.6 is 0 Å². The monoisotopic (exact) mass is 439 g/mol. The Balaban J connectivity index is 1.44. The number of anilines is 1. The SMILES string of the molecule is CCCNC(=O)c1nn(CC)cc1NC(=O)CCCCCN1C(=O)c2ccccc2C1=O. The minimum absolute atomic E-state index is 0.203. The van der Waals surface area contributed by atoms with Crippen LogP contribution in [0.15, 0.2) is 30.5 Å². The highest BCUT2D eigenvalue weighted by atomic mass is 16.2. The lowest BCUT2D eigenvalue weighted by Gasteiger charge is -2.13. The molecule has 1 aliphatic heterocycles. The van der Waals surface area contributed by atoms with Gasteiger partial charge in [0, 0.05) is 32.3 Å². The minimum atomic E-state index is -0.310. The summed E-state index contributed by atoms with van der Waals surface area (Å²) in [6.07, 6.45) is 4.66. The van der Waals surface area contributed by atoms with Crippen LogP contribution < -0.4 is 10.6 Å². The third kappa shape index (κ3) is 5.22. The number of aromatic nitrogens is 2. The summed E-state index contributed by atoms with van der Waals surface area (Å²) >= 11 is 0. The van der Waals surface area contributed by atoms with Crippen molar-refractivity contribution in [3.05, 3.63) is 47.3 Å². The van der Waals surface area contributed by atoms with Crippen molar-refractivity contribution in [3.63, 3.8) is 0 Å². The number of aryl methyl sites for hydroxylation is 1. The van der Waals surface area contributed by atoms with Gasteiger partial charge in [-0.1, -0.05) is 25.5 Å². The van der Waals surface area contributed by atoms with Crippen LogP contribution in [0.25, 0.3) is 0 Å². The highest BCUT2D eigenvalue weighted by Gasteiger charge is 2.34. The Hall–Kier alpha value is -3.49. The molecule has 32 heavy (non-hydrogen) atoms. The van der Waals surface area contributed by atoms with Crippen LogP contribution in [0, 0.1) is 0 Å². The lowest BCUT2D eigenvalue weighted by Crippen LogP contribution is -2.30. The van der Waals surface area contributed by atoms with Crippen LogP contribution in [0.4, 0.5) is 5.69 Å². The standard InChI is InChI=1S/C23H29N5O4/c1-3-13-24-21(30)20-18(15-27(4-2)26-20)25-19(29)12-6-5-9-14-28-22(31)16-10-7-8-11-17(16)23(28)32/h7-8,10-11,15H,3-6,9,12-14H2,1-2H3,(H,24,30)(H,25,29). The molecule has 2 aromatic rings. The van der Waals surface area contributed by atoms with Crippen molar-refractivity contribution in [2.24, 2.45) is 0 Å². The first-order valence-electron chi connectivity index (χ1n) is 11.1. The molecule has 4 amide bonds. The number of imide groups is 1. The summed E-state index contributed by atoms with van der Waals surface area (Å²) in [6.45, 7) is 5.32. The Morgan fingerprint density at radius 3 is 2.31 bits per heavy atom. The van der Waals surface area contributed by atoms with E-state index < -0.39 is 0 Å². The molecule has 170 valence electrons. The number of unbranched alkanes of at least 4 members (excludes halogenated alkanes) is 2. The summed E-state index contributed by atoms with van der Waals surface area (Å²) in [4.78, 5) is 50.7. The molecule has 0 spiro atoms. The largest absolute Gasteiger partial charge is 0.351 e. The molecular weight excluding hydrogens is 410 g/mol. The van der Waals surface area contributed by atoms with Gasteiger partial charge in [0.25, 0.3) is 17.7 Å². The van der Waals surface area contributed by atoms with Crippen molar-refractivity contribution in [2.75, 3.05) is 18.4 Å². The number of rotatable bonds is 11. The number of nitrogens with zero attached hydrogens (tertiary/aromatic N) is 3. The van der Waals surface area contributed by atoms with Crippen molar-refractivity contribution in [3.8, 4) is 0 Å². The van der Waals surface area contributed by atoms with E-state index in [-0.39, 0.29) is 35.7 Å². The van der Waals surface area contributed by atoms with Crippen LogP contribution in [0.3, 0.4) is 0 Å². The lowest BCUT2D eigenvalue weighted by molar-refractivity contribution is -0.116. The molecule has 2 N–H and O–H groups in total. The van der Waals surface area contributed by atoms with Gasteiger partial charge < -0.3 is 10.6 Å². The average molecular weight is 440 g/mol. The van der Waals surface area contributed by atoms with Crippen molar-refractivity contribution in [2.45, 2.75) is 52.5 Å². The number of amides is 4. The molecule has 0 atom stereocenters. The van der Waals surface area contributed by atoms with Crippen LogP contribution in [-0.2, 0) is 11.3 Å². The molecule has 0 radical (unpaired) electrons. The van der Waals surface area contributed by atoms with Gasteiger partial charge in [-0.15, -0.1) is 0 Å².